The van der Waals surface area contributed by atoms with Crippen molar-refractivity contribution in [3.8, 4) is 6.01 Å². The molecule has 0 saturated carbocycles. The van der Waals surface area contributed by atoms with E-state index in [0.29, 0.717) is 30.4 Å². The Morgan fingerprint density at radius 3 is 2.89 bits per heavy atom. The van der Waals surface area contributed by atoms with E-state index >= 15 is 0 Å². The lowest BCUT2D eigenvalue weighted by Crippen LogP contribution is -2.24. The van der Waals surface area contributed by atoms with Gasteiger partial charge in [-0.15, -0.1) is 0 Å². The zero-order valence-electron chi connectivity index (χ0n) is 11.7. The summed E-state index contributed by atoms with van der Waals surface area (Å²) in [4.78, 5) is 15.0. The van der Waals surface area contributed by atoms with Crippen LogP contribution in [0.1, 0.15) is 13.3 Å². The molecule has 1 unspecified atom stereocenters. The van der Waals surface area contributed by atoms with E-state index in [9.17, 15) is 0 Å². The first-order chi connectivity index (χ1) is 9.26. The van der Waals surface area contributed by atoms with Crippen LogP contribution in [-0.2, 0) is 4.74 Å². The van der Waals surface area contributed by atoms with Gasteiger partial charge in [-0.3, -0.25) is 0 Å². The number of rotatable bonds is 6. The summed E-state index contributed by atoms with van der Waals surface area (Å²) in [6.07, 6.45) is 1.10. The molecule has 7 nitrogen and oxygen atoms in total. The first kappa shape index (κ1) is 13.8. The summed E-state index contributed by atoms with van der Waals surface area (Å²) in [5.41, 5.74) is 0. The second kappa shape index (κ2) is 6.51. The van der Waals surface area contributed by atoms with Crippen LogP contribution in [0.15, 0.2) is 0 Å². The van der Waals surface area contributed by atoms with Crippen molar-refractivity contribution in [2.75, 3.05) is 50.7 Å². The number of nitrogens with one attached hydrogen (secondary N) is 1. The smallest absolute Gasteiger partial charge is 0.323 e. The number of hydrogen-bond donors (Lipinski definition) is 1. The summed E-state index contributed by atoms with van der Waals surface area (Å²) < 4.78 is 10.6. The van der Waals surface area contributed by atoms with Gasteiger partial charge in [0.1, 0.15) is 0 Å². The van der Waals surface area contributed by atoms with Crippen molar-refractivity contribution in [2.24, 2.45) is 5.92 Å². The Morgan fingerprint density at radius 1 is 1.37 bits per heavy atom. The molecule has 7 heteroatoms. The van der Waals surface area contributed by atoms with Crippen LogP contribution in [0.2, 0.25) is 0 Å². The van der Waals surface area contributed by atoms with Gasteiger partial charge >= 0.3 is 6.01 Å². The van der Waals surface area contributed by atoms with Gasteiger partial charge in [0.15, 0.2) is 0 Å². The molecule has 0 spiro atoms. The molecule has 2 rings (SSSR count). The van der Waals surface area contributed by atoms with E-state index < -0.39 is 0 Å². The van der Waals surface area contributed by atoms with Crippen LogP contribution in [0.25, 0.3) is 0 Å². The van der Waals surface area contributed by atoms with Crippen molar-refractivity contribution in [3.63, 3.8) is 0 Å². The van der Waals surface area contributed by atoms with Gasteiger partial charge in [-0.1, -0.05) is 0 Å². The highest BCUT2D eigenvalue weighted by Gasteiger charge is 2.25. The lowest BCUT2D eigenvalue weighted by atomic mass is 10.1. The molecule has 1 N–H and O–H groups in total. The molecule has 19 heavy (non-hydrogen) atoms. The van der Waals surface area contributed by atoms with Crippen molar-refractivity contribution in [1.29, 1.82) is 0 Å². The molecule has 0 aromatic carbocycles. The minimum Gasteiger partial charge on any atom is -0.464 e. The fourth-order valence-electron chi connectivity index (χ4n) is 2.18. The highest BCUT2D eigenvalue weighted by atomic mass is 16.5. The molecular formula is C12H21N5O2. The third-order valence-corrected chi connectivity index (χ3v) is 3.07. The molecular weight excluding hydrogens is 246 g/mol. The maximum Gasteiger partial charge on any atom is 0.323 e. The zero-order valence-corrected chi connectivity index (χ0v) is 11.7. The molecule has 0 aliphatic carbocycles. The number of hydrogen-bond acceptors (Lipinski definition) is 7. The number of aromatic nitrogens is 3. The summed E-state index contributed by atoms with van der Waals surface area (Å²) in [6, 6.07) is 0.368. The Morgan fingerprint density at radius 2 is 2.21 bits per heavy atom. The van der Waals surface area contributed by atoms with Crippen LogP contribution in [-0.4, -0.2) is 55.4 Å². The first-order valence-corrected chi connectivity index (χ1v) is 6.57. The Bertz CT molecular complexity index is 415. The molecule has 2 heterocycles. The van der Waals surface area contributed by atoms with E-state index in [0.717, 1.165) is 26.1 Å². The molecule has 106 valence electrons. The summed E-state index contributed by atoms with van der Waals surface area (Å²) >= 11 is 0. The molecule has 1 aromatic rings. The highest BCUT2D eigenvalue weighted by Crippen LogP contribution is 2.23. The Hall–Kier alpha value is -1.63. The average molecular weight is 267 g/mol. The Kier molecular flexibility index (Phi) is 4.73. The molecule has 1 saturated heterocycles. The van der Waals surface area contributed by atoms with E-state index in [4.69, 9.17) is 9.47 Å². The molecule has 1 fully saturated rings. The largest absolute Gasteiger partial charge is 0.464 e. The molecule has 0 radical (unpaired) electrons. The van der Waals surface area contributed by atoms with Crippen LogP contribution >= 0.6 is 0 Å². The summed E-state index contributed by atoms with van der Waals surface area (Å²) in [5.74, 6) is 1.74. The van der Waals surface area contributed by atoms with E-state index in [1.807, 2.05) is 6.92 Å². The second-order valence-electron chi connectivity index (χ2n) is 4.48. The standard InChI is InChI=1S/C12H21N5O2/c1-4-19-12-15-10(13-2)14-11(16-12)17-6-5-9(7-17)8-18-3/h9H,4-8H2,1-3H3,(H,13,14,15,16). The molecule has 1 aliphatic rings. The third kappa shape index (κ3) is 3.44. The topological polar surface area (TPSA) is 72.4 Å². The van der Waals surface area contributed by atoms with E-state index in [1.165, 1.54) is 0 Å². The minimum absolute atomic E-state index is 0.368. The van der Waals surface area contributed by atoms with Gasteiger partial charge in [0.2, 0.25) is 11.9 Å². The lowest BCUT2D eigenvalue weighted by molar-refractivity contribution is 0.161. The molecule has 1 aliphatic heterocycles. The quantitative estimate of drug-likeness (QED) is 0.816. The Balaban J connectivity index is 2.12. The molecule has 1 atom stereocenters. The zero-order chi connectivity index (χ0) is 13.7. The fourth-order valence-corrected chi connectivity index (χ4v) is 2.18. The number of nitrogens with zero attached hydrogens (tertiary/aromatic N) is 4. The monoisotopic (exact) mass is 267 g/mol. The van der Waals surface area contributed by atoms with Crippen molar-refractivity contribution in [1.82, 2.24) is 15.0 Å². The van der Waals surface area contributed by atoms with Crippen molar-refractivity contribution in [3.05, 3.63) is 0 Å². The van der Waals surface area contributed by atoms with E-state index in [1.54, 1.807) is 14.2 Å². The number of methoxy groups -OCH3 is 1. The van der Waals surface area contributed by atoms with Gasteiger partial charge in [-0.25, -0.2) is 0 Å². The van der Waals surface area contributed by atoms with Gasteiger partial charge in [0, 0.05) is 33.2 Å². The van der Waals surface area contributed by atoms with Crippen molar-refractivity contribution in [2.45, 2.75) is 13.3 Å². The molecule has 0 amide bonds. The lowest BCUT2D eigenvalue weighted by Gasteiger charge is -2.17. The summed E-state index contributed by atoms with van der Waals surface area (Å²) in [6.45, 7) is 5.07. The molecule has 0 bridgehead atoms. The van der Waals surface area contributed by atoms with E-state index in [-0.39, 0.29) is 0 Å². The maximum absolute atomic E-state index is 5.37. The van der Waals surface area contributed by atoms with Crippen LogP contribution < -0.4 is 15.0 Å². The van der Waals surface area contributed by atoms with Crippen LogP contribution in [0.5, 0.6) is 6.01 Å². The van der Waals surface area contributed by atoms with E-state index in [2.05, 4.69) is 25.2 Å². The number of anilines is 2. The van der Waals surface area contributed by atoms with Crippen molar-refractivity contribution >= 4 is 11.9 Å². The van der Waals surface area contributed by atoms with Crippen LogP contribution in [0.3, 0.4) is 0 Å². The third-order valence-electron chi connectivity index (χ3n) is 3.07. The normalized spacial score (nSPS) is 18.7. The van der Waals surface area contributed by atoms with Gasteiger partial charge in [-0.05, 0) is 13.3 Å². The Labute approximate surface area is 113 Å². The highest BCUT2D eigenvalue weighted by molar-refractivity contribution is 5.39. The summed E-state index contributed by atoms with van der Waals surface area (Å²) in [7, 11) is 3.52. The first-order valence-electron chi connectivity index (χ1n) is 6.57. The second-order valence-corrected chi connectivity index (χ2v) is 4.48. The maximum atomic E-state index is 5.37. The predicted octanol–water partition coefficient (Wildman–Crippen LogP) is 0.785. The van der Waals surface area contributed by atoms with Crippen LogP contribution in [0.4, 0.5) is 11.9 Å². The predicted molar refractivity (Wildman–Crippen MR) is 72.7 cm³/mol. The van der Waals surface area contributed by atoms with Gasteiger partial charge in [0.25, 0.3) is 0 Å². The minimum atomic E-state index is 0.368. The molecule has 1 aromatic heterocycles. The van der Waals surface area contributed by atoms with Gasteiger partial charge < -0.3 is 19.7 Å². The number of ether oxygens (including phenoxy) is 2. The summed E-state index contributed by atoms with van der Waals surface area (Å²) in [5, 5.41) is 2.93. The average Bonchev–Trinajstić information content (AvgIpc) is 2.88. The van der Waals surface area contributed by atoms with Gasteiger partial charge in [0.05, 0.1) is 13.2 Å². The van der Waals surface area contributed by atoms with Gasteiger partial charge in [-0.2, -0.15) is 15.0 Å². The van der Waals surface area contributed by atoms with Crippen LogP contribution in [0, 0.1) is 5.92 Å². The van der Waals surface area contributed by atoms with Crippen molar-refractivity contribution < 1.29 is 9.47 Å². The SMILES string of the molecule is CCOc1nc(NC)nc(N2CCC(COC)C2)n1. The fraction of sp³-hybridized carbons (Fsp3) is 0.750.